The van der Waals surface area contributed by atoms with E-state index in [0.717, 1.165) is 18.7 Å². The molecule has 0 fully saturated rings. The van der Waals surface area contributed by atoms with Crippen molar-refractivity contribution in [2.45, 2.75) is 25.2 Å². The third kappa shape index (κ3) is 3.61. The fraction of sp³-hybridized carbons (Fsp3) is 0.500. The quantitative estimate of drug-likeness (QED) is 0.772. The smallest absolute Gasteiger partial charge is 0.178 e. The maximum absolute atomic E-state index is 12.0. The van der Waals surface area contributed by atoms with Crippen LogP contribution in [0.2, 0.25) is 0 Å². The first-order chi connectivity index (χ1) is 7.58. The second kappa shape index (κ2) is 6.01. The highest BCUT2D eigenvalue weighted by molar-refractivity contribution is 7.91. The number of aryl methyl sites for hydroxylation is 1. The van der Waals surface area contributed by atoms with Crippen molar-refractivity contribution in [3.8, 4) is 0 Å². The number of hydrogen-bond acceptors (Lipinski definition) is 3. The van der Waals surface area contributed by atoms with Crippen LogP contribution in [0.15, 0.2) is 29.2 Å². The lowest BCUT2D eigenvalue weighted by molar-refractivity contribution is 0.589. The summed E-state index contributed by atoms with van der Waals surface area (Å²) in [6.45, 7) is 5.47. The van der Waals surface area contributed by atoms with Crippen LogP contribution >= 0.6 is 0 Å². The largest absolute Gasteiger partial charge is 0.317 e. The lowest BCUT2D eigenvalue weighted by Gasteiger charge is -2.07. The average molecular weight is 241 g/mol. The van der Waals surface area contributed by atoms with Crippen LogP contribution < -0.4 is 5.32 Å². The predicted molar refractivity (Wildman–Crippen MR) is 66.4 cm³/mol. The molecule has 1 N–H and O–H groups in total. The predicted octanol–water partition coefficient (Wildman–Crippen LogP) is 1.77. The summed E-state index contributed by atoms with van der Waals surface area (Å²) in [5, 5.41) is 3.12. The normalized spacial score (nSPS) is 11.6. The Labute approximate surface area is 97.8 Å². The molecule has 0 unspecified atom stereocenters. The summed E-state index contributed by atoms with van der Waals surface area (Å²) in [4.78, 5) is 0.464. The Morgan fingerprint density at radius 2 is 1.94 bits per heavy atom. The summed E-state index contributed by atoms with van der Waals surface area (Å²) in [6, 6.07) is 7.13. The molecule has 3 nitrogen and oxygen atoms in total. The van der Waals surface area contributed by atoms with Crippen LogP contribution in [-0.2, 0) is 9.84 Å². The summed E-state index contributed by atoms with van der Waals surface area (Å²) in [5.74, 6) is 0.213. The standard InChI is InChI=1S/C12H19NO2S/c1-3-13-9-6-10-16(14,15)12-8-5-4-7-11(12)2/h4-5,7-8,13H,3,6,9-10H2,1-2H3. The van der Waals surface area contributed by atoms with Crippen molar-refractivity contribution in [3.05, 3.63) is 29.8 Å². The van der Waals surface area contributed by atoms with E-state index in [0.29, 0.717) is 11.3 Å². The van der Waals surface area contributed by atoms with E-state index < -0.39 is 9.84 Å². The third-order valence-electron chi connectivity index (χ3n) is 2.45. The Kier molecular flexibility index (Phi) is 4.96. The lowest BCUT2D eigenvalue weighted by atomic mass is 10.2. The van der Waals surface area contributed by atoms with E-state index in [-0.39, 0.29) is 5.75 Å². The first-order valence-electron chi connectivity index (χ1n) is 5.57. The van der Waals surface area contributed by atoms with Crippen LogP contribution in [0.1, 0.15) is 18.9 Å². The van der Waals surface area contributed by atoms with E-state index in [2.05, 4.69) is 5.32 Å². The summed E-state index contributed by atoms with van der Waals surface area (Å²) in [6.07, 6.45) is 0.657. The van der Waals surface area contributed by atoms with Gasteiger partial charge in [-0.3, -0.25) is 0 Å². The number of benzene rings is 1. The van der Waals surface area contributed by atoms with Gasteiger partial charge < -0.3 is 5.32 Å². The SMILES string of the molecule is CCNCCCS(=O)(=O)c1ccccc1C. The first-order valence-corrected chi connectivity index (χ1v) is 7.22. The highest BCUT2D eigenvalue weighted by Gasteiger charge is 2.15. The van der Waals surface area contributed by atoms with Crippen molar-refractivity contribution in [1.29, 1.82) is 0 Å². The fourth-order valence-electron chi connectivity index (χ4n) is 1.58. The van der Waals surface area contributed by atoms with Gasteiger partial charge in [-0.1, -0.05) is 25.1 Å². The Morgan fingerprint density at radius 1 is 1.25 bits per heavy atom. The van der Waals surface area contributed by atoms with Gasteiger partial charge in [0.05, 0.1) is 10.6 Å². The van der Waals surface area contributed by atoms with Gasteiger partial charge in [0, 0.05) is 0 Å². The summed E-state index contributed by atoms with van der Waals surface area (Å²) < 4.78 is 24.0. The summed E-state index contributed by atoms with van der Waals surface area (Å²) >= 11 is 0. The Morgan fingerprint density at radius 3 is 2.56 bits per heavy atom. The third-order valence-corrected chi connectivity index (χ3v) is 4.40. The van der Waals surface area contributed by atoms with Gasteiger partial charge in [0.1, 0.15) is 0 Å². The molecular formula is C12H19NO2S. The van der Waals surface area contributed by atoms with Crippen molar-refractivity contribution in [3.63, 3.8) is 0 Å². The number of rotatable bonds is 6. The molecule has 0 amide bonds. The van der Waals surface area contributed by atoms with Crippen molar-refractivity contribution in [1.82, 2.24) is 5.32 Å². The molecule has 0 saturated carbocycles. The zero-order valence-corrected chi connectivity index (χ0v) is 10.7. The van der Waals surface area contributed by atoms with Crippen LogP contribution in [0.5, 0.6) is 0 Å². The van der Waals surface area contributed by atoms with Gasteiger partial charge in [-0.05, 0) is 38.1 Å². The average Bonchev–Trinajstić information content (AvgIpc) is 2.25. The molecule has 0 atom stereocenters. The molecule has 1 rings (SSSR count). The van der Waals surface area contributed by atoms with Crippen molar-refractivity contribution >= 4 is 9.84 Å². The molecule has 0 radical (unpaired) electrons. The van der Waals surface area contributed by atoms with Crippen molar-refractivity contribution in [2.75, 3.05) is 18.8 Å². The molecule has 0 aliphatic rings. The Balaban J connectivity index is 2.68. The van der Waals surface area contributed by atoms with Gasteiger partial charge in [0.25, 0.3) is 0 Å². The minimum absolute atomic E-state index is 0.213. The molecule has 1 aromatic rings. The van der Waals surface area contributed by atoms with E-state index in [9.17, 15) is 8.42 Å². The van der Waals surface area contributed by atoms with Crippen LogP contribution in [0.3, 0.4) is 0 Å². The van der Waals surface area contributed by atoms with E-state index >= 15 is 0 Å². The Bertz CT molecular complexity index is 426. The number of sulfone groups is 1. The van der Waals surface area contributed by atoms with Gasteiger partial charge in [0.15, 0.2) is 9.84 Å². The lowest BCUT2D eigenvalue weighted by Crippen LogP contribution is -2.18. The van der Waals surface area contributed by atoms with Crippen molar-refractivity contribution < 1.29 is 8.42 Å². The monoisotopic (exact) mass is 241 g/mol. The molecule has 90 valence electrons. The molecule has 0 aliphatic heterocycles. The van der Waals surface area contributed by atoms with Gasteiger partial charge in [0.2, 0.25) is 0 Å². The topological polar surface area (TPSA) is 46.2 Å². The minimum atomic E-state index is -3.11. The number of nitrogens with one attached hydrogen (secondary N) is 1. The van der Waals surface area contributed by atoms with Crippen molar-refractivity contribution in [2.24, 2.45) is 0 Å². The minimum Gasteiger partial charge on any atom is -0.317 e. The maximum atomic E-state index is 12.0. The Hall–Kier alpha value is -0.870. The molecule has 16 heavy (non-hydrogen) atoms. The molecule has 0 spiro atoms. The van der Waals surface area contributed by atoms with Gasteiger partial charge in [-0.25, -0.2) is 8.42 Å². The second-order valence-corrected chi connectivity index (χ2v) is 5.87. The molecule has 4 heteroatoms. The van der Waals surface area contributed by atoms with E-state index in [1.165, 1.54) is 0 Å². The zero-order valence-electron chi connectivity index (χ0n) is 9.86. The fourth-order valence-corrected chi connectivity index (χ4v) is 3.17. The van der Waals surface area contributed by atoms with Gasteiger partial charge >= 0.3 is 0 Å². The maximum Gasteiger partial charge on any atom is 0.178 e. The molecule has 0 aliphatic carbocycles. The highest BCUT2D eigenvalue weighted by Crippen LogP contribution is 2.16. The van der Waals surface area contributed by atoms with Crippen LogP contribution in [0.25, 0.3) is 0 Å². The van der Waals surface area contributed by atoms with Crippen LogP contribution in [-0.4, -0.2) is 27.3 Å². The molecular weight excluding hydrogens is 222 g/mol. The van der Waals surface area contributed by atoms with Crippen LogP contribution in [0, 0.1) is 6.92 Å². The molecule has 0 saturated heterocycles. The first kappa shape index (κ1) is 13.2. The summed E-state index contributed by atoms with van der Waals surface area (Å²) in [7, 11) is -3.11. The molecule has 0 bridgehead atoms. The van der Waals surface area contributed by atoms with Gasteiger partial charge in [-0.2, -0.15) is 0 Å². The molecule has 1 aromatic carbocycles. The van der Waals surface area contributed by atoms with Gasteiger partial charge in [-0.15, -0.1) is 0 Å². The van der Waals surface area contributed by atoms with E-state index in [4.69, 9.17) is 0 Å². The van der Waals surface area contributed by atoms with E-state index in [1.807, 2.05) is 26.0 Å². The van der Waals surface area contributed by atoms with Crippen LogP contribution in [0.4, 0.5) is 0 Å². The number of hydrogen-bond donors (Lipinski definition) is 1. The molecule has 0 aromatic heterocycles. The summed E-state index contributed by atoms with van der Waals surface area (Å²) in [5.41, 5.74) is 0.825. The van der Waals surface area contributed by atoms with E-state index in [1.54, 1.807) is 12.1 Å². The molecule has 0 heterocycles. The zero-order chi connectivity index (χ0) is 12.0. The highest BCUT2D eigenvalue weighted by atomic mass is 32.2. The second-order valence-electron chi connectivity index (χ2n) is 3.79.